The molecular formula is C11H13N. The maximum Gasteiger partial charge on any atom is 0.240 e. The predicted molar refractivity (Wildman–Crippen MR) is 50.9 cm³/mol. The molecule has 62 valence electrons. The van der Waals surface area contributed by atoms with Crippen molar-refractivity contribution in [3.63, 3.8) is 0 Å². The summed E-state index contributed by atoms with van der Waals surface area (Å²) >= 11 is 0. The lowest BCUT2D eigenvalue weighted by Crippen LogP contribution is -1.93. The monoisotopic (exact) mass is 159 g/mol. The average Bonchev–Trinajstić information content (AvgIpc) is 2.05. The van der Waals surface area contributed by atoms with Gasteiger partial charge in [-0.1, -0.05) is 25.1 Å². The van der Waals surface area contributed by atoms with Crippen LogP contribution in [-0.4, -0.2) is 0 Å². The summed E-state index contributed by atoms with van der Waals surface area (Å²) in [5, 5.41) is 0. The van der Waals surface area contributed by atoms with Crippen LogP contribution in [0.15, 0.2) is 18.2 Å². The lowest BCUT2D eigenvalue weighted by Gasteiger charge is -2.05. The highest BCUT2D eigenvalue weighted by atomic mass is 14.6. The van der Waals surface area contributed by atoms with Gasteiger partial charge in [-0.25, -0.2) is 6.57 Å². The maximum atomic E-state index is 6.81. The number of rotatable bonds is 2. The minimum Gasteiger partial charge on any atom is -0.312 e. The fourth-order valence-electron chi connectivity index (χ4n) is 1.50. The Morgan fingerprint density at radius 3 is 2.75 bits per heavy atom. The van der Waals surface area contributed by atoms with Gasteiger partial charge in [-0.15, -0.1) is 0 Å². The van der Waals surface area contributed by atoms with Crippen molar-refractivity contribution in [1.82, 2.24) is 0 Å². The first kappa shape index (κ1) is 8.80. The van der Waals surface area contributed by atoms with Crippen LogP contribution in [0.3, 0.4) is 0 Å². The number of benzene rings is 1. The van der Waals surface area contributed by atoms with E-state index in [1.807, 2.05) is 12.1 Å². The molecule has 1 aromatic carbocycles. The van der Waals surface area contributed by atoms with Crippen LogP contribution < -0.4 is 0 Å². The Hall–Kier alpha value is -1.29. The van der Waals surface area contributed by atoms with Gasteiger partial charge in [0.2, 0.25) is 6.54 Å². The third-order valence-electron chi connectivity index (χ3n) is 2.11. The second kappa shape index (κ2) is 3.92. The molecule has 12 heavy (non-hydrogen) atoms. The molecule has 0 atom stereocenters. The van der Waals surface area contributed by atoms with Crippen LogP contribution in [0.1, 0.15) is 23.6 Å². The van der Waals surface area contributed by atoms with Crippen molar-refractivity contribution in [2.45, 2.75) is 26.8 Å². The molecule has 0 unspecified atom stereocenters. The molecule has 0 aliphatic carbocycles. The summed E-state index contributed by atoms with van der Waals surface area (Å²) in [4.78, 5) is 3.41. The molecule has 0 radical (unpaired) electrons. The Kier molecular flexibility index (Phi) is 2.88. The first-order valence-electron chi connectivity index (χ1n) is 4.20. The van der Waals surface area contributed by atoms with Gasteiger partial charge in [0, 0.05) is 5.56 Å². The first-order chi connectivity index (χ1) is 5.79. The van der Waals surface area contributed by atoms with Gasteiger partial charge in [0.25, 0.3) is 0 Å². The zero-order chi connectivity index (χ0) is 8.97. The van der Waals surface area contributed by atoms with Crippen molar-refractivity contribution in [2.24, 2.45) is 0 Å². The van der Waals surface area contributed by atoms with E-state index in [1.54, 1.807) is 0 Å². The zero-order valence-corrected chi connectivity index (χ0v) is 7.59. The van der Waals surface area contributed by atoms with E-state index in [-0.39, 0.29) is 0 Å². The fraction of sp³-hybridized carbons (Fsp3) is 0.364. The lowest BCUT2D eigenvalue weighted by molar-refractivity contribution is 1.05. The van der Waals surface area contributed by atoms with E-state index in [0.29, 0.717) is 6.54 Å². The molecule has 1 heteroatoms. The second-order valence-corrected chi connectivity index (χ2v) is 2.88. The quantitative estimate of drug-likeness (QED) is 0.584. The number of hydrogen-bond acceptors (Lipinski definition) is 0. The lowest BCUT2D eigenvalue weighted by atomic mass is 10.00. The van der Waals surface area contributed by atoms with Crippen LogP contribution in [0.25, 0.3) is 4.85 Å². The van der Waals surface area contributed by atoms with Crippen LogP contribution in [-0.2, 0) is 13.0 Å². The third kappa shape index (κ3) is 1.65. The third-order valence-corrected chi connectivity index (χ3v) is 2.11. The molecule has 0 N–H and O–H groups in total. The highest BCUT2D eigenvalue weighted by molar-refractivity contribution is 5.34. The topological polar surface area (TPSA) is 4.36 Å². The zero-order valence-electron chi connectivity index (χ0n) is 7.59. The molecule has 0 bridgehead atoms. The fourth-order valence-corrected chi connectivity index (χ4v) is 1.50. The van der Waals surface area contributed by atoms with E-state index >= 15 is 0 Å². The largest absolute Gasteiger partial charge is 0.312 e. The van der Waals surface area contributed by atoms with E-state index in [1.165, 1.54) is 16.7 Å². The normalized spacial score (nSPS) is 9.42. The second-order valence-electron chi connectivity index (χ2n) is 2.88. The van der Waals surface area contributed by atoms with Gasteiger partial charge in [0.1, 0.15) is 0 Å². The highest BCUT2D eigenvalue weighted by Gasteiger charge is 2.04. The van der Waals surface area contributed by atoms with Gasteiger partial charge in [-0.3, -0.25) is 0 Å². The molecule has 0 aliphatic rings. The van der Waals surface area contributed by atoms with Crippen molar-refractivity contribution in [2.75, 3.05) is 0 Å². The van der Waals surface area contributed by atoms with Gasteiger partial charge >= 0.3 is 0 Å². The van der Waals surface area contributed by atoms with Crippen LogP contribution in [0.4, 0.5) is 0 Å². The van der Waals surface area contributed by atoms with E-state index in [2.05, 4.69) is 24.8 Å². The molecule has 1 rings (SSSR count). The van der Waals surface area contributed by atoms with Gasteiger partial charge < -0.3 is 4.85 Å². The van der Waals surface area contributed by atoms with Crippen molar-refractivity contribution >= 4 is 0 Å². The minimum absolute atomic E-state index is 0.519. The molecule has 0 aliphatic heterocycles. The molecular weight excluding hydrogens is 146 g/mol. The molecule has 1 aromatic rings. The molecule has 0 saturated carbocycles. The Morgan fingerprint density at radius 2 is 2.17 bits per heavy atom. The van der Waals surface area contributed by atoms with E-state index in [9.17, 15) is 0 Å². The number of hydrogen-bond donors (Lipinski definition) is 0. The van der Waals surface area contributed by atoms with Crippen molar-refractivity contribution in [1.29, 1.82) is 0 Å². The molecule has 0 amide bonds. The van der Waals surface area contributed by atoms with Gasteiger partial charge in [-0.2, -0.15) is 0 Å². The highest BCUT2D eigenvalue weighted by Crippen LogP contribution is 2.15. The molecule has 0 aromatic heterocycles. The maximum absolute atomic E-state index is 6.81. The molecule has 0 spiro atoms. The minimum atomic E-state index is 0.519. The standard InChI is InChI=1S/C11H13N/c1-4-11-9(2)6-5-7-10(11)8-12-3/h5-7H,4,8H2,1-2H3. The summed E-state index contributed by atoms with van der Waals surface area (Å²) in [6, 6.07) is 6.17. The van der Waals surface area contributed by atoms with Crippen molar-refractivity contribution < 1.29 is 0 Å². The average molecular weight is 159 g/mol. The molecule has 1 nitrogen and oxygen atoms in total. The van der Waals surface area contributed by atoms with Gasteiger partial charge in [0.15, 0.2) is 0 Å². The molecule has 0 saturated heterocycles. The van der Waals surface area contributed by atoms with Crippen molar-refractivity contribution in [3.8, 4) is 0 Å². The van der Waals surface area contributed by atoms with E-state index in [0.717, 1.165) is 6.42 Å². The SMILES string of the molecule is [C-]#[N+]Cc1cccc(C)c1CC. The van der Waals surface area contributed by atoms with E-state index < -0.39 is 0 Å². The first-order valence-corrected chi connectivity index (χ1v) is 4.20. The smallest absolute Gasteiger partial charge is 0.240 e. The summed E-state index contributed by atoms with van der Waals surface area (Å²) < 4.78 is 0. The van der Waals surface area contributed by atoms with Crippen LogP contribution >= 0.6 is 0 Å². The van der Waals surface area contributed by atoms with Crippen LogP contribution in [0.5, 0.6) is 0 Å². The van der Waals surface area contributed by atoms with Crippen LogP contribution in [0.2, 0.25) is 0 Å². The van der Waals surface area contributed by atoms with E-state index in [4.69, 9.17) is 6.57 Å². The van der Waals surface area contributed by atoms with Gasteiger partial charge in [-0.05, 0) is 24.5 Å². The summed E-state index contributed by atoms with van der Waals surface area (Å²) in [5.41, 5.74) is 3.83. The Labute approximate surface area is 73.9 Å². The summed E-state index contributed by atoms with van der Waals surface area (Å²) in [7, 11) is 0. The predicted octanol–water partition coefficient (Wildman–Crippen LogP) is 2.98. The molecule has 0 fully saturated rings. The summed E-state index contributed by atoms with van der Waals surface area (Å²) in [6.45, 7) is 11.6. The van der Waals surface area contributed by atoms with Crippen molar-refractivity contribution in [3.05, 3.63) is 46.3 Å². The Morgan fingerprint density at radius 1 is 1.42 bits per heavy atom. The summed E-state index contributed by atoms with van der Waals surface area (Å²) in [5.74, 6) is 0. The van der Waals surface area contributed by atoms with Crippen LogP contribution in [0, 0.1) is 13.5 Å². The Bertz CT molecular complexity index is 307. The molecule has 0 heterocycles. The Balaban J connectivity index is 3.11. The summed E-state index contributed by atoms with van der Waals surface area (Å²) in [6.07, 6.45) is 1.03. The number of aryl methyl sites for hydroxylation is 1. The number of nitrogens with zero attached hydrogens (tertiary/aromatic N) is 1. The van der Waals surface area contributed by atoms with Gasteiger partial charge in [0.05, 0.1) is 0 Å².